The van der Waals surface area contributed by atoms with E-state index in [0.29, 0.717) is 22.9 Å². The third-order valence-corrected chi connectivity index (χ3v) is 10.0. The van der Waals surface area contributed by atoms with Crippen LogP contribution in [0.3, 0.4) is 0 Å². The molecule has 1 unspecified atom stereocenters. The van der Waals surface area contributed by atoms with Crippen LogP contribution in [0.15, 0.2) is 42.5 Å². The highest BCUT2D eigenvalue weighted by molar-refractivity contribution is 7.46. The van der Waals surface area contributed by atoms with Crippen molar-refractivity contribution >= 4 is 29.4 Å². The zero-order valence-corrected chi connectivity index (χ0v) is 20.8. The smallest absolute Gasteiger partial charge is 0.402 e. The molecule has 4 bridgehead atoms. The first kappa shape index (κ1) is 22.4. The van der Waals surface area contributed by atoms with Crippen LogP contribution in [0.1, 0.15) is 37.7 Å². The van der Waals surface area contributed by atoms with E-state index in [1.54, 1.807) is 13.2 Å². The first-order valence-electron chi connectivity index (χ1n) is 12.0. The molecule has 0 amide bonds. The Morgan fingerprint density at radius 1 is 1.03 bits per heavy atom. The predicted molar refractivity (Wildman–Crippen MR) is 128 cm³/mol. The van der Waals surface area contributed by atoms with Gasteiger partial charge >= 0.3 is 7.82 Å². The lowest BCUT2D eigenvalue weighted by Crippen LogP contribution is -2.76. The molecule has 35 heavy (non-hydrogen) atoms. The van der Waals surface area contributed by atoms with Crippen LogP contribution < -0.4 is 4.52 Å². The summed E-state index contributed by atoms with van der Waals surface area (Å²) >= 11 is 1.43. The van der Waals surface area contributed by atoms with Gasteiger partial charge in [-0.1, -0.05) is 30.3 Å². The molecule has 184 valence electrons. The zero-order valence-electron chi connectivity index (χ0n) is 19.1. The van der Waals surface area contributed by atoms with Gasteiger partial charge in [0, 0.05) is 18.2 Å². The van der Waals surface area contributed by atoms with Gasteiger partial charge in [0.25, 0.3) is 5.79 Å². The monoisotopic (exact) mass is 515 g/mol. The maximum atomic E-state index is 11.9. The summed E-state index contributed by atoms with van der Waals surface area (Å²) in [4.78, 5) is 35.9. The second-order valence-electron chi connectivity index (χ2n) is 10.4. The van der Waals surface area contributed by atoms with Gasteiger partial charge in [-0.3, -0.25) is 9.79 Å². The Labute approximate surface area is 206 Å². The molecule has 1 aliphatic heterocycles. The van der Waals surface area contributed by atoms with Gasteiger partial charge in [-0.05, 0) is 67.9 Å². The molecular weight excluding hydrogens is 489 g/mol. The number of hydrogen-bond acceptors (Lipinski definition) is 7. The van der Waals surface area contributed by atoms with Crippen LogP contribution in [0.25, 0.3) is 20.8 Å². The van der Waals surface area contributed by atoms with Crippen molar-refractivity contribution in [2.75, 3.05) is 7.11 Å². The van der Waals surface area contributed by atoms with E-state index in [2.05, 4.69) is 4.98 Å². The molecule has 5 aliphatic rings. The van der Waals surface area contributed by atoms with Crippen molar-refractivity contribution in [3.05, 3.63) is 48.0 Å². The van der Waals surface area contributed by atoms with Crippen LogP contribution in [0, 0.1) is 23.7 Å². The number of phosphoric ester groups is 1. The lowest BCUT2D eigenvalue weighted by Gasteiger charge is -2.68. The Morgan fingerprint density at radius 3 is 2.29 bits per heavy atom. The molecule has 3 aromatic rings. The molecule has 1 atom stereocenters. The number of fused-ring (bicyclic) bond motifs is 1. The number of methoxy groups -OCH3 is 1. The molecule has 4 saturated carbocycles. The highest BCUT2D eigenvalue weighted by Gasteiger charge is 2.76. The molecule has 5 fully saturated rings. The minimum atomic E-state index is -4.84. The second-order valence-corrected chi connectivity index (χ2v) is 12.6. The van der Waals surface area contributed by atoms with Crippen molar-refractivity contribution in [2.24, 2.45) is 23.7 Å². The first-order valence-corrected chi connectivity index (χ1v) is 14.3. The van der Waals surface area contributed by atoms with Crippen molar-refractivity contribution in [2.45, 2.75) is 43.5 Å². The van der Waals surface area contributed by atoms with Gasteiger partial charge in [0.2, 0.25) is 0 Å². The van der Waals surface area contributed by atoms with Crippen molar-refractivity contribution in [1.82, 2.24) is 4.98 Å². The molecule has 1 spiro atoms. The standard InChI is InChI=1S/C25H26NO7PS/c1-30-25(24(32-33-25)17-8-14-7-15(10-17)11-18(24)9-14)19-12-20(31-34(27,28)29)22-21(13-19)35-23(26-22)16-5-3-2-4-6-16/h2-6,12-15,17-18H,7-11H2,1H3,(H2,27,28,29). The Morgan fingerprint density at radius 2 is 1.71 bits per heavy atom. The summed E-state index contributed by atoms with van der Waals surface area (Å²) in [6.07, 6.45) is 5.67. The third kappa shape index (κ3) is 3.16. The molecule has 4 aliphatic carbocycles. The van der Waals surface area contributed by atoms with Gasteiger partial charge in [0.05, 0.1) is 4.70 Å². The summed E-state index contributed by atoms with van der Waals surface area (Å²) in [6.45, 7) is 0. The molecule has 2 aromatic carbocycles. The average Bonchev–Trinajstić information content (AvgIpc) is 3.23. The fourth-order valence-corrected chi connectivity index (χ4v) is 8.87. The Kier molecular flexibility index (Phi) is 4.85. The molecular formula is C25H26NO7PS. The number of thiazole rings is 1. The number of nitrogens with zero attached hydrogens (tertiary/aromatic N) is 1. The van der Waals surface area contributed by atoms with Crippen molar-refractivity contribution in [1.29, 1.82) is 0 Å². The van der Waals surface area contributed by atoms with E-state index < -0.39 is 19.2 Å². The van der Waals surface area contributed by atoms with Gasteiger partial charge < -0.3 is 9.26 Å². The molecule has 8 rings (SSSR count). The molecule has 1 saturated heterocycles. The number of ether oxygens (including phenoxy) is 1. The van der Waals surface area contributed by atoms with Crippen LogP contribution in [-0.4, -0.2) is 27.5 Å². The van der Waals surface area contributed by atoms with Crippen molar-refractivity contribution in [3.63, 3.8) is 0 Å². The quantitative estimate of drug-likeness (QED) is 0.344. The van der Waals surface area contributed by atoms with Gasteiger partial charge in [-0.2, -0.15) is 4.89 Å². The average molecular weight is 516 g/mol. The summed E-state index contributed by atoms with van der Waals surface area (Å²) in [5, 5.41) is 0.731. The second kappa shape index (κ2) is 7.59. The van der Waals surface area contributed by atoms with Crippen LogP contribution >= 0.6 is 19.2 Å². The van der Waals surface area contributed by atoms with Gasteiger partial charge in [-0.15, -0.1) is 11.3 Å². The van der Waals surface area contributed by atoms with Crippen LogP contribution in [0.5, 0.6) is 5.75 Å². The maximum absolute atomic E-state index is 11.9. The van der Waals surface area contributed by atoms with Crippen LogP contribution in [-0.2, 0) is 24.9 Å². The summed E-state index contributed by atoms with van der Waals surface area (Å²) in [5.74, 6) is 0.926. The maximum Gasteiger partial charge on any atom is 0.524 e. The molecule has 2 N–H and O–H groups in total. The first-order chi connectivity index (χ1) is 16.8. The van der Waals surface area contributed by atoms with Crippen molar-refractivity contribution in [3.8, 4) is 16.3 Å². The summed E-state index contributed by atoms with van der Waals surface area (Å²) in [7, 11) is -3.22. The largest absolute Gasteiger partial charge is 0.524 e. The van der Waals surface area contributed by atoms with Crippen LogP contribution in [0.4, 0.5) is 0 Å². The molecule has 8 nitrogen and oxygen atoms in total. The van der Waals surface area contributed by atoms with Gasteiger partial charge in [-0.25, -0.2) is 14.4 Å². The molecule has 1 aromatic heterocycles. The SMILES string of the molecule is COC1(c2cc(OP(=O)(O)O)c3nc(-c4ccccc4)sc3c2)OOC12C1CC3CC(C1)CC2C3. The van der Waals surface area contributed by atoms with E-state index in [9.17, 15) is 14.4 Å². The predicted octanol–water partition coefficient (Wildman–Crippen LogP) is 5.39. The van der Waals surface area contributed by atoms with E-state index in [4.69, 9.17) is 19.0 Å². The topological polar surface area (TPSA) is 107 Å². The van der Waals surface area contributed by atoms with Crippen molar-refractivity contribution < 1.29 is 33.4 Å². The van der Waals surface area contributed by atoms with Gasteiger partial charge in [0.1, 0.15) is 10.5 Å². The fourth-order valence-electron chi connectivity index (χ4n) is 7.45. The van der Waals surface area contributed by atoms with E-state index in [0.717, 1.165) is 52.8 Å². The molecule has 0 radical (unpaired) electrons. The van der Waals surface area contributed by atoms with E-state index in [1.807, 2.05) is 36.4 Å². The normalized spacial score (nSPS) is 35.5. The fraction of sp³-hybridized carbons (Fsp3) is 0.480. The van der Waals surface area contributed by atoms with Crippen LogP contribution in [0.2, 0.25) is 0 Å². The molecule has 10 heteroatoms. The van der Waals surface area contributed by atoms with Gasteiger partial charge in [0.15, 0.2) is 11.4 Å². The molecule has 2 heterocycles. The summed E-state index contributed by atoms with van der Waals surface area (Å²) in [5.41, 5.74) is 1.33. The number of aromatic nitrogens is 1. The lowest BCUT2D eigenvalue weighted by molar-refractivity contribution is -0.645. The number of hydrogen-bond donors (Lipinski definition) is 2. The highest BCUT2D eigenvalue weighted by atomic mass is 32.1. The summed E-state index contributed by atoms with van der Waals surface area (Å²) in [6, 6.07) is 13.2. The third-order valence-electron chi connectivity index (χ3n) is 8.53. The number of benzene rings is 2. The minimum Gasteiger partial charge on any atom is -0.402 e. The lowest BCUT2D eigenvalue weighted by atomic mass is 9.47. The van der Waals surface area contributed by atoms with E-state index >= 15 is 0 Å². The highest BCUT2D eigenvalue weighted by Crippen LogP contribution is 2.69. The van der Waals surface area contributed by atoms with E-state index in [-0.39, 0.29) is 5.75 Å². The summed E-state index contributed by atoms with van der Waals surface area (Å²) < 4.78 is 23.9. The Hall–Kier alpha value is -1.84. The number of phosphoric acid groups is 1. The Bertz CT molecular complexity index is 1320. The van der Waals surface area contributed by atoms with E-state index in [1.165, 1.54) is 17.8 Å². The minimum absolute atomic E-state index is 0.00940. The Balaban J connectivity index is 1.39. The number of rotatable bonds is 5. The zero-order chi connectivity index (χ0) is 24.0.